The number of aromatic nitrogens is 2. The summed E-state index contributed by atoms with van der Waals surface area (Å²) in [5.74, 6) is 0. The number of nitrogens with one attached hydrogen (secondary N) is 1. The van der Waals surface area contributed by atoms with Crippen LogP contribution in [0.3, 0.4) is 0 Å². The molecule has 0 spiro atoms. The van der Waals surface area contributed by atoms with E-state index < -0.39 is 0 Å². The van der Waals surface area contributed by atoms with Crippen molar-refractivity contribution in [2.75, 3.05) is 6.54 Å². The summed E-state index contributed by atoms with van der Waals surface area (Å²) in [5.41, 5.74) is 1.16. The fraction of sp³-hybridized carbons (Fsp3) is 0.714. The van der Waals surface area contributed by atoms with Gasteiger partial charge in [-0.2, -0.15) is 0 Å². The lowest BCUT2D eigenvalue weighted by atomic mass is 9.97. The van der Waals surface area contributed by atoms with Crippen LogP contribution in [-0.4, -0.2) is 39.5 Å². The highest BCUT2D eigenvalue weighted by Gasteiger charge is 2.40. The van der Waals surface area contributed by atoms with Crippen molar-refractivity contribution >= 4 is 0 Å². The van der Waals surface area contributed by atoms with Crippen molar-refractivity contribution in [1.82, 2.24) is 20.2 Å². The SMILES string of the molecule is CCNC1CC2CCC(C1)N2Cc1ccncn1. The average Bonchev–Trinajstić information content (AvgIpc) is 2.63. The van der Waals surface area contributed by atoms with E-state index in [9.17, 15) is 0 Å². The minimum absolute atomic E-state index is 0.731. The quantitative estimate of drug-likeness (QED) is 0.876. The smallest absolute Gasteiger partial charge is 0.115 e. The molecule has 0 radical (unpaired) electrons. The normalized spacial score (nSPS) is 31.7. The molecule has 98 valence electrons. The molecular formula is C14H22N4. The van der Waals surface area contributed by atoms with Crippen LogP contribution in [0.15, 0.2) is 18.6 Å². The van der Waals surface area contributed by atoms with E-state index in [0.717, 1.165) is 36.9 Å². The largest absolute Gasteiger partial charge is 0.314 e. The Morgan fingerprint density at radius 2 is 2.11 bits per heavy atom. The van der Waals surface area contributed by atoms with Gasteiger partial charge in [0.25, 0.3) is 0 Å². The Kier molecular flexibility index (Phi) is 3.57. The van der Waals surface area contributed by atoms with Gasteiger partial charge in [0.2, 0.25) is 0 Å². The molecule has 3 rings (SSSR count). The van der Waals surface area contributed by atoms with Gasteiger partial charge in [-0.15, -0.1) is 0 Å². The molecule has 2 saturated heterocycles. The van der Waals surface area contributed by atoms with Crippen LogP contribution in [0.2, 0.25) is 0 Å². The van der Waals surface area contributed by atoms with E-state index in [4.69, 9.17) is 0 Å². The first-order valence-electron chi connectivity index (χ1n) is 7.11. The zero-order valence-corrected chi connectivity index (χ0v) is 11.0. The molecule has 0 aromatic carbocycles. The molecule has 2 atom stereocenters. The molecule has 4 nitrogen and oxygen atoms in total. The summed E-state index contributed by atoms with van der Waals surface area (Å²) in [6.45, 7) is 4.29. The summed E-state index contributed by atoms with van der Waals surface area (Å²) in [4.78, 5) is 11.0. The maximum absolute atomic E-state index is 4.36. The molecule has 2 bridgehead atoms. The van der Waals surface area contributed by atoms with Crippen molar-refractivity contribution in [3.63, 3.8) is 0 Å². The first-order valence-corrected chi connectivity index (χ1v) is 7.11. The number of hydrogen-bond donors (Lipinski definition) is 1. The summed E-state index contributed by atoms with van der Waals surface area (Å²) in [6.07, 6.45) is 8.82. The van der Waals surface area contributed by atoms with Crippen LogP contribution < -0.4 is 5.32 Å². The lowest BCUT2D eigenvalue weighted by molar-refractivity contribution is 0.108. The Hall–Kier alpha value is -1.00. The maximum Gasteiger partial charge on any atom is 0.115 e. The monoisotopic (exact) mass is 246 g/mol. The first-order chi connectivity index (χ1) is 8.86. The fourth-order valence-corrected chi connectivity index (χ4v) is 3.59. The third kappa shape index (κ3) is 2.40. The maximum atomic E-state index is 4.36. The van der Waals surface area contributed by atoms with Crippen LogP contribution in [0.1, 0.15) is 38.3 Å². The van der Waals surface area contributed by atoms with Crippen molar-refractivity contribution < 1.29 is 0 Å². The molecule has 2 aliphatic heterocycles. The van der Waals surface area contributed by atoms with Gasteiger partial charge in [-0.1, -0.05) is 6.92 Å². The molecule has 1 aromatic heterocycles. The van der Waals surface area contributed by atoms with E-state index >= 15 is 0 Å². The van der Waals surface area contributed by atoms with Crippen LogP contribution >= 0.6 is 0 Å². The van der Waals surface area contributed by atoms with Gasteiger partial charge in [0.1, 0.15) is 6.33 Å². The molecule has 2 fully saturated rings. The van der Waals surface area contributed by atoms with Gasteiger partial charge in [-0.3, -0.25) is 4.90 Å². The van der Waals surface area contributed by atoms with E-state index in [-0.39, 0.29) is 0 Å². The molecule has 2 unspecified atom stereocenters. The molecule has 0 aliphatic carbocycles. The van der Waals surface area contributed by atoms with Crippen LogP contribution in [0.25, 0.3) is 0 Å². The van der Waals surface area contributed by atoms with Gasteiger partial charge >= 0.3 is 0 Å². The summed E-state index contributed by atoms with van der Waals surface area (Å²) in [5, 5.41) is 3.62. The van der Waals surface area contributed by atoms with E-state index in [0.29, 0.717) is 0 Å². The molecular weight excluding hydrogens is 224 g/mol. The Bertz CT molecular complexity index is 367. The van der Waals surface area contributed by atoms with E-state index in [1.165, 1.54) is 25.7 Å². The molecule has 2 aliphatic rings. The highest BCUT2D eigenvalue weighted by atomic mass is 15.2. The van der Waals surface area contributed by atoms with Crippen molar-refractivity contribution in [3.8, 4) is 0 Å². The van der Waals surface area contributed by atoms with Gasteiger partial charge in [-0.05, 0) is 38.3 Å². The van der Waals surface area contributed by atoms with E-state index in [1.807, 2.05) is 12.3 Å². The van der Waals surface area contributed by atoms with Crippen LogP contribution in [0.5, 0.6) is 0 Å². The second kappa shape index (κ2) is 5.33. The van der Waals surface area contributed by atoms with Crippen LogP contribution in [-0.2, 0) is 6.54 Å². The second-order valence-electron chi connectivity index (χ2n) is 5.48. The lowest BCUT2D eigenvalue weighted by Gasteiger charge is -2.39. The fourth-order valence-electron chi connectivity index (χ4n) is 3.59. The van der Waals surface area contributed by atoms with E-state index in [1.54, 1.807) is 6.33 Å². The number of fused-ring (bicyclic) bond motifs is 2. The second-order valence-corrected chi connectivity index (χ2v) is 5.48. The van der Waals surface area contributed by atoms with Gasteiger partial charge < -0.3 is 5.32 Å². The third-order valence-electron chi connectivity index (χ3n) is 4.36. The van der Waals surface area contributed by atoms with Crippen LogP contribution in [0, 0.1) is 0 Å². The average molecular weight is 246 g/mol. The number of hydrogen-bond acceptors (Lipinski definition) is 4. The summed E-state index contributed by atoms with van der Waals surface area (Å²) in [6, 6.07) is 4.27. The summed E-state index contributed by atoms with van der Waals surface area (Å²) < 4.78 is 0. The third-order valence-corrected chi connectivity index (χ3v) is 4.36. The standard InChI is InChI=1S/C14H22N4/c1-2-16-12-7-13-3-4-14(8-12)18(13)9-11-5-6-15-10-17-11/h5-6,10,12-14,16H,2-4,7-9H2,1H3. The Labute approximate surface area is 109 Å². The molecule has 1 aromatic rings. The Balaban J connectivity index is 1.65. The number of rotatable bonds is 4. The van der Waals surface area contributed by atoms with Gasteiger partial charge in [-0.25, -0.2) is 9.97 Å². The van der Waals surface area contributed by atoms with Crippen molar-refractivity contribution in [1.29, 1.82) is 0 Å². The zero-order valence-electron chi connectivity index (χ0n) is 11.0. The molecule has 4 heteroatoms. The minimum atomic E-state index is 0.731. The number of nitrogens with zero attached hydrogens (tertiary/aromatic N) is 3. The predicted octanol–water partition coefficient (Wildman–Crippen LogP) is 1.58. The molecule has 18 heavy (non-hydrogen) atoms. The zero-order chi connectivity index (χ0) is 12.4. The van der Waals surface area contributed by atoms with Crippen molar-refractivity contribution in [2.45, 2.75) is 57.3 Å². The van der Waals surface area contributed by atoms with Crippen molar-refractivity contribution in [2.24, 2.45) is 0 Å². The predicted molar refractivity (Wildman–Crippen MR) is 71.1 cm³/mol. The lowest BCUT2D eigenvalue weighted by Crippen LogP contribution is -2.48. The molecule has 3 heterocycles. The highest BCUT2D eigenvalue weighted by molar-refractivity contribution is 5.03. The number of piperidine rings is 1. The summed E-state index contributed by atoms with van der Waals surface area (Å²) >= 11 is 0. The van der Waals surface area contributed by atoms with Crippen LogP contribution in [0.4, 0.5) is 0 Å². The van der Waals surface area contributed by atoms with Gasteiger partial charge in [0.15, 0.2) is 0 Å². The minimum Gasteiger partial charge on any atom is -0.314 e. The Morgan fingerprint density at radius 3 is 2.72 bits per heavy atom. The molecule has 1 N–H and O–H groups in total. The first kappa shape index (κ1) is 12.1. The molecule has 0 amide bonds. The summed E-state index contributed by atoms with van der Waals surface area (Å²) in [7, 11) is 0. The highest BCUT2D eigenvalue weighted by Crippen LogP contribution is 2.36. The van der Waals surface area contributed by atoms with Crippen molar-refractivity contribution in [3.05, 3.63) is 24.3 Å². The molecule has 0 saturated carbocycles. The Morgan fingerprint density at radius 1 is 1.33 bits per heavy atom. The van der Waals surface area contributed by atoms with Gasteiger partial charge in [0, 0.05) is 30.9 Å². The van der Waals surface area contributed by atoms with Gasteiger partial charge in [0.05, 0.1) is 5.69 Å². The van der Waals surface area contributed by atoms with E-state index in [2.05, 4.69) is 27.1 Å². The topological polar surface area (TPSA) is 41.0 Å².